The number of benzene rings is 1. The van der Waals surface area contributed by atoms with E-state index in [0.29, 0.717) is 0 Å². The van der Waals surface area contributed by atoms with Crippen LogP contribution >= 0.6 is 0 Å². The maximum absolute atomic E-state index is 13.6. The van der Waals surface area contributed by atoms with Crippen molar-refractivity contribution < 1.29 is 27.1 Å². The monoisotopic (exact) mass is 322 g/mol. The lowest BCUT2D eigenvalue weighted by Crippen LogP contribution is -2.49. The molecule has 1 atom stereocenters. The summed E-state index contributed by atoms with van der Waals surface area (Å²) in [5.74, 6) is -0.526. The molecule has 1 rings (SSSR count). The Bertz CT molecular complexity index is 494. The maximum Gasteiger partial charge on any atom is 0.408 e. The second-order valence-corrected chi connectivity index (χ2v) is 4.72. The normalized spacial score (nSPS) is 12.8. The Morgan fingerprint density at radius 1 is 1.36 bits per heavy atom. The number of ether oxygens (including phenoxy) is 1. The first-order valence-electron chi connectivity index (χ1n) is 6.60. The number of nitrogens with one attached hydrogen (secondary N) is 1. The van der Waals surface area contributed by atoms with E-state index in [1.807, 2.05) is 5.32 Å². The maximum atomic E-state index is 13.6. The Kier molecular flexibility index (Phi) is 6.61. The molecule has 0 aromatic heterocycles. The lowest BCUT2D eigenvalue weighted by molar-refractivity contribution is -0.149. The zero-order chi connectivity index (χ0) is 16.8. The number of hydrogen-bond donors (Lipinski definition) is 1. The highest BCUT2D eigenvalue weighted by Crippen LogP contribution is 2.20. The van der Waals surface area contributed by atoms with E-state index in [4.69, 9.17) is 4.74 Å². The highest BCUT2D eigenvalue weighted by Gasteiger charge is 2.37. The summed E-state index contributed by atoms with van der Waals surface area (Å²) in [5.41, 5.74) is 0.216. The van der Waals surface area contributed by atoms with Crippen LogP contribution in [-0.4, -0.2) is 43.4 Å². The van der Waals surface area contributed by atoms with Gasteiger partial charge in [-0.15, -0.1) is 0 Å². The molecule has 0 saturated carbocycles. The first-order valence-corrected chi connectivity index (χ1v) is 6.60. The van der Waals surface area contributed by atoms with E-state index in [1.165, 1.54) is 25.3 Å². The van der Waals surface area contributed by atoms with Gasteiger partial charge < -0.3 is 15.0 Å². The molecule has 0 bridgehead atoms. The quantitative estimate of drug-likeness (QED) is 0.818. The average molecular weight is 322 g/mol. The fourth-order valence-corrected chi connectivity index (χ4v) is 1.64. The van der Waals surface area contributed by atoms with Gasteiger partial charge in [0.1, 0.15) is 11.9 Å². The molecule has 0 aliphatic rings. The molecule has 0 saturated heterocycles. The zero-order valence-electron chi connectivity index (χ0n) is 12.3. The van der Waals surface area contributed by atoms with Crippen LogP contribution in [0.1, 0.15) is 12.5 Å². The molecule has 0 radical (unpaired) electrons. The number of urea groups is 1. The Labute approximate surface area is 126 Å². The van der Waals surface area contributed by atoms with Crippen LogP contribution in [0.2, 0.25) is 0 Å². The third kappa shape index (κ3) is 5.51. The lowest BCUT2D eigenvalue weighted by atomic mass is 10.2. The number of carbonyl (C=O) groups excluding carboxylic acids is 1. The molecule has 0 spiro atoms. The molecule has 124 valence electrons. The van der Waals surface area contributed by atoms with Gasteiger partial charge in [-0.25, -0.2) is 9.18 Å². The van der Waals surface area contributed by atoms with Gasteiger partial charge in [0, 0.05) is 19.2 Å². The van der Waals surface area contributed by atoms with Gasteiger partial charge in [-0.3, -0.25) is 0 Å². The molecular weight excluding hydrogens is 304 g/mol. The van der Waals surface area contributed by atoms with Crippen LogP contribution in [0, 0.1) is 5.82 Å². The fraction of sp³-hybridized carbons (Fsp3) is 0.500. The van der Waals surface area contributed by atoms with Crippen LogP contribution in [0.15, 0.2) is 24.3 Å². The topological polar surface area (TPSA) is 41.6 Å². The molecule has 22 heavy (non-hydrogen) atoms. The van der Waals surface area contributed by atoms with Crippen LogP contribution < -0.4 is 5.32 Å². The molecule has 8 heteroatoms. The predicted molar refractivity (Wildman–Crippen MR) is 72.7 cm³/mol. The summed E-state index contributed by atoms with van der Waals surface area (Å²) < 4.78 is 55.9. The molecule has 1 N–H and O–H groups in total. The number of hydrogen-bond acceptors (Lipinski definition) is 2. The highest BCUT2D eigenvalue weighted by molar-refractivity contribution is 5.74. The fourth-order valence-electron chi connectivity index (χ4n) is 1.64. The van der Waals surface area contributed by atoms with Crippen molar-refractivity contribution in [3.63, 3.8) is 0 Å². The summed E-state index contributed by atoms with van der Waals surface area (Å²) in [5, 5.41) is 1.85. The molecule has 0 heterocycles. The SMILES string of the molecule is COCCN(Cc1ccccc1F)C(=O)NC(C)C(F)(F)F. The molecule has 4 nitrogen and oxygen atoms in total. The van der Waals surface area contributed by atoms with Gasteiger partial charge in [0.2, 0.25) is 0 Å². The number of carbonyl (C=O) groups is 1. The van der Waals surface area contributed by atoms with E-state index >= 15 is 0 Å². The Hall–Kier alpha value is -1.83. The summed E-state index contributed by atoms with van der Waals surface area (Å²) in [4.78, 5) is 13.0. The van der Waals surface area contributed by atoms with E-state index in [2.05, 4.69) is 0 Å². The third-order valence-corrected chi connectivity index (χ3v) is 3.00. The minimum atomic E-state index is -4.54. The van der Waals surface area contributed by atoms with Crippen molar-refractivity contribution in [2.75, 3.05) is 20.3 Å². The van der Waals surface area contributed by atoms with Crippen LogP contribution in [0.5, 0.6) is 0 Å². The summed E-state index contributed by atoms with van der Waals surface area (Å²) in [6.07, 6.45) is -4.54. The van der Waals surface area contributed by atoms with Gasteiger partial charge in [-0.2, -0.15) is 13.2 Å². The number of rotatable bonds is 6. The second kappa shape index (κ2) is 7.98. The lowest BCUT2D eigenvalue weighted by Gasteiger charge is -2.26. The van der Waals surface area contributed by atoms with E-state index in [0.717, 1.165) is 11.8 Å². The van der Waals surface area contributed by atoms with Crippen LogP contribution in [0.25, 0.3) is 0 Å². The van der Waals surface area contributed by atoms with Gasteiger partial charge >= 0.3 is 12.2 Å². The van der Waals surface area contributed by atoms with Crippen LogP contribution in [0.3, 0.4) is 0 Å². The predicted octanol–water partition coefficient (Wildman–Crippen LogP) is 2.93. The molecule has 2 amide bonds. The van der Waals surface area contributed by atoms with Gasteiger partial charge in [0.05, 0.1) is 13.2 Å². The number of alkyl halides is 3. The number of nitrogens with zero attached hydrogens (tertiary/aromatic N) is 1. The highest BCUT2D eigenvalue weighted by atomic mass is 19.4. The molecule has 0 fully saturated rings. The third-order valence-electron chi connectivity index (χ3n) is 3.00. The van der Waals surface area contributed by atoms with Gasteiger partial charge in [0.25, 0.3) is 0 Å². The largest absolute Gasteiger partial charge is 0.408 e. The van der Waals surface area contributed by atoms with Crippen molar-refractivity contribution in [2.24, 2.45) is 0 Å². The van der Waals surface area contributed by atoms with Gasteiger partial charge in [-0.1, -0.05) is 18.2 Å². The summed E-state index contributed by atoms with van der Waals surface area (Å²) in [6, 6.07) is 2.85. The second-order valence-electron chi connectivity index (χ2n) is 4.72. The molecule has 1 aromatic carbocycles. The minimum Gasteiger partial charge on any atom is -0.383 e. The van der Waals surface area contributed by atoms with Crippen molar-refractivity contribution in [2.45, 2.75) is 25.7 Å². The van der Waals surface area contributed by atoms with Gasteiger partial charge in [0.15, 0.2) is 0 Å². The van der Waals surface area contributed by atoms with E-state index in [-0.39, 0.29) is 25.3 Å². The van der Waals surface area contributed by atoms with Crippen molar-refractivity contribution in [1.29, 1.82) is 0 Å². The van der Waals surface area contributed by atoms with E-state index in [9.17, 15) is 22.4 Å². The summed E-state index contributed by atoms with van der Waals surface area (Å²) in [6.45, 7) is 0.867. The average Bonchev–Trinajstić information content (AvgIpc) is 2.44. The number of amides is 2. The van der Waals surface area contributed by atoms with Gasteiger partial charge in [-0.05, 0) is 13.0 Å². The van der Waals surface area contributed by atoms with Crippen molar-refractivity contribution >= 4 is 6.03 Å². The zero-order valence-corrected chi connectivity index (χ0v) is 12.3. The molecule has 1 unspecified atom stereocenters. The molecule has 1 aromatic rings. The molecular formula is C14H18F4N2O2. The van der Waals surface area contributed by atoms with E-state index < -0.39 is 24.1 Å². The standard InChI is InChI=1S/C14H18F4N2O2/c1-10(14(16,17)18)19-13(21)20(7-8-22-2)9-11-5-3-4-6-12(11)15/h3-6,10H,7-9H2,1-2H3,(H,19,21). The van der Waals surface area contributed by atoms with Crippen LogP contribution in [0.4, 0.5) is 22.4 Å². The summed E-state index contributed by atoms with van der Waals surface area (Å²) in [7, 11) is 1.40. The first-order chi connectivity index (χ1) is 10.3. The van der Waals surface area contributed by atoms with Crippen LogP contribution in [-0.2, 0) is 11.3 Å². The smallest absolute Gasteiger partial charge is 0.383 e. The Morgan fingerprint density at radius 2 is 2.00 bits per heavy atom. The number of methoxy groups -OCH3 is 1. The Morgan fingerprint density at radius 3 is 2.55 bits per heavy atom. The Balaban J connectivity index is 2.79. The minimum absolute atomic E-state index is 0.0429. The van der Waals surface area contributed by atoms with Crippen molar-refractivity contribution in [3.05, 3.63) is 35.6 Å². The molecule has 0 aliphatic heterocycles. The first kappa shape index (κ1) is 18.2. The molecule has 0 aliphatic carbocycles. The number of halogens is 4. The van der Waals surface area contributed by atoms with Crippen molar-refractivity contribution in [1.82, 2.24) is 10.2 Å². The van der Waals surface area contributed by atoms with Crippen molar-refractivity contribution in [3.8, 4) is 0 Å². The van der Waals surface area contributed by atoms with E-state index in [1.54, 1.807) is 6.07 Å². The summed E-state index contributed by atoms with van der Waals surface area (Å²) >= 11 is 0.